The third kappa shape index (κ3) is 6.19. The highest BCUT2D eigenvalue weighted by Gasteiger charge is 2.30. The van der Waals surface area contributed by atoms with Crippen LogP contribution >= 0.6 is 0 Å². The molecule has 1 atom stereocenters. The average molecular weight is 539 g/mol. The fourth-order valence-corrected chi connectivity index (χ4v) is 4.12. The molecule has 5 rings (SSSR count). The first kappa shape index (κ1) is 26.2. The molecule has 1 aromatic heterocycles. The molecule has 8 nitrogen and oxygen atoms in total. The number of urea groups is 1. The number of morpholine rings is 1. The highest BCUT2D eigenvalue weighted by atomic mass is 19.4. The van der Waals surface area contributed by atoms with Crippen LogP contribution in [0, 0.1) is 5.82 Å². The number of fused-ring (bicyclic) bond motifs is 1. The van der Waals surface area contributed by atoms with Crippen molar-refractivity contribution in [2.45, 2.75) is 12.2 Å². The maximum Gasteiger partial charge on any atom is 0.416 e. The molecule has 0 saturated carbocycles. The van der Waals surface area contributed by atoms with Gasteiger partial charge in [0.05, 0.1) is 47.7 Å². The van der Waals surface area contributed by atoms with Crippen LogP contribution in [0.15, 0.2) is 66.9 Å². The van der Waals surface area contributed by atoms with Crippen molar-refractivity contribution in [2.24, 2.45) is 0 Å². The van der Waals surface area contributed by atoms with Crippen molar-refractivity contribution in [3.63, 3.8) is 0 Å². The molecule has 4 aromatic rings. The predicted octanol–water partition coefficient (Wildman–Crippen LogP) is 5.32. The number of aromatic nitrogens is 2. The van der Waals surface area contributed by atoms with Crippen LogP contribution in [0.2, 0.25) is 0 Å². The Morgan fingerprint density at radius 3 is 2.54 bits per heavy atom. The molecular formula is C27H21F4N5O3. The Labute approximate surface area is 219 Å². The monoisotopic (exact) mass is 539 g/mol. The molecule has 1 fully saturated rings. The van der Waals surface area contributed by atoms with Gasteiger partial charge in [-0.05, 0) is 54.6 Å². The second-order valence-corrected chi connectivity index (χ2v) is 8.80. The minimum atomic E-state index is -4.58. The summed E-state index contributed by atoms with van der Waals surface area (Å²) in [5.74, 6) is -1.31. The zero-order chi connectivity index (χ0) is 27.6. The summed E-state index contributed by atoms with van der Waals surface area (Å²) >= 11 is 0. The summed E-state index contributed by atoms with van der Waals surface area (Å²) in [6, 6.07) is 11.1. The SMILES string of the molecule is O=C(Nc1cc(F)cc(C(=O)c2ccc3nc(C4COCCN4)cnc3c2)c1)Nc1cccc(C(F)(F)F)c1. The van der Waals surface area contributed by atoms with E-state index in [1.807, 2.05) is 0 Å². The topological polar surface area (TPSA) is 105 Å². The Balaban J connectivity index is 1.32. The summed E-state index contributed by atoms with van der Waals surface area (Å²) in [5, 5.41) is 7.91. The van der Waals surface area contributed by atoms with E-state index in [9.17, 15) is 27.2 Å². The summed E-state index contributed by atoms with van der Waals surface area (Å²) in [6.45, 7) is 1.81. The second-order valence-electron chi connectivity index (χ2n) is 8.80. The number of nitrogens with one attached hydrogen (secondary N) is 3. The van der Waals surface area contributed by atoms with Gasteiger partial charge in [-0.1, -0.05) is 6.07 Å². The van der Waals surface area contributed by atoms with E-state index in [0.29, 0.717) is 36.5 Å². The lowest BCUT2D eigenvalue weighted by atomic mass is 10.0. The molecule has 12 heteroatoms. The Hall–Kier alpha value is -4.42. The number of amides is 2. The lowest BCUT2D eigenvalue weighted by Crippen LogP contribution is -2.35. The molecule has 1 aliphatic heterocycles. The van der Waals surface area contributed by atoms with Gasteiger partial charge in [-0.15, -0.1) is 0 Å². The van der Waals surface area contributed by atoms with Crippen LogP contribution in [0.1, 0.15) is 33.2 Å². The first-order chi connectivity index (χ1) is 18.7. The molecule has 2 heterocycles. The Bertz CT molecular complexity index is 1550. The fraction of sp³-hybridized carbons (Fsp3) is 0.185. The van der Waals surface area contributed by atoms with E-state index < -0.39 is 29.4 Å². The van der Waals surface area contributed by atoms with Crippen molar-refractivity contribution < 1.29 is 31.9 Å². The van der Waals surface area contributed by atoms with Crippen LogP contribution in [0.5, 0.6) is 0 Å². The smallest absolute Gasteiger partial charge is 0.378 e. The third-order valence-electron chi connectivity index (χ3n) is 5.97. The van der Waals surface area contributed by atoms with Crippen molar-refractivity contribution in [1.29, 1.82) is 0 Å². The third-order valence-corrected chi connectivity index (χ3v) is 5.97. The van der Waals surface area contributed by atoms with Crippen molar-refractivity contribution in [2.75, 3.05) is 30.4 Å². The molecule has 1 aliphatic rings. The summed E-state index contributed by atoms with van der Waals surface area (Å²) in [6.07, 6.45) is -2.97. The molecule has 200 valence electrons. The van der Waals surface area contributed by atoms with Crippen LogP contribution in [0.4, 0.5) is 33.7 Å². The molecule has 1 saturated heterocycles. The van der Waals surface area contributed by atoms with Gasteiger partial charge >= 0.3 is 12.2 Å². The molecule has 1 unspecified atom stereocenters. The molecule has 3 N–H and O–H groups in total. The van der Waals surface area contributed by atoms with Gasteiger partial charge in [0.25, 0.3) is 0 Å². The van der Waals surface area contributed by atoms with E-state index in [4.69, 9.17) is 4.74 Å². The number of anilines is 2. The normalized spacial score (nSPS) is 15.6. The number of carbonyl (C=O) groups is 2. The standard InChI is InChI=1S/C27H21F4N5O3/c28-18-8-16(9-20(12-18)35-26(38)34-19-3-1-2-17(11-19)27(29,30)31)25(37)15-4-5-21-22(10-15)33-13-23(36-21)24-14-39-7-6-32-24/h1-5,8-13,24,32H,6-7,14H2,(H2,34,35,38). The number of hydrogen-bond donors (Lipinski definition) is 3. The van der Waals surface area contributed by atoms with E-state index in [2.05, 4.69) is 25.9 Å². The quantitative estimate of drug-likeness (QED) is 0.234. The Morgan fingerprint density at radius 2 is 1.77 bits per heavy atom. The van der Waals surface area contributed by atoms with Gasteiger partial charge < -0.3 is 20.7 Å². The molecule has 0 radical (unpaired) electrons. The second kappa shape index (κ2) is 10.8. The number of rotatable bonds is 5. The van der Waals surface area contributed by atoms with Crippen LogP contribution in [-0.2, 0) is 10.9 Å². The summed E-state index contributed by atoms with van der Waals surface area (Å²) < 4.78 is 58.6. The molecule has 0 spiro atoms. The summed E-state index contributed by atoms with van der Waals surface area (Å²) in [7, 11) is 0. The molecule has 0 bridgehead atoms. The van der Waals surface area contributed by atoms with Gasteiger partial charge in [-0.2, -0.15) is 13.2 Å². The van der Waals surface area contributed by atoms with E-state index >= 15 is 0 Å². The van der Waals surface area contributed by atoms with Crippen molar-refractivity contribution in [3.8, 4) is 0 Å². The zero-order valence-corrected chi connectivity index (χ0v) is 20.2. The lowest BCUT2D eigenvalue weighted by Gasteiger charge is -2.23. The van der Waals surface area contributed by atoms with Gasteiger partial charge in [0.2, 0.25) is 0 Å². The number of nitrogens with zero attached hydrogens (tertiary/aromatic N) is 2. The summed E-state index contributed by atoms with van der Waals surface area (Å²) in [5.41, 5.74) is 0.837. The van der Waals surface area contributed by atoms with Gasteiger partial charge in [0.15, 0.2) is 5.78 Å². The zero-order valence-electron chi connectivity index (χ0n) is 20.2. The van der Waals surface area contributed by atoms with Gasteiger partial charge in [0, 0.05) is 29.0 Å². The fourth-order valence-electron chi connectivity index (χ4n) is 4.12. The number of benzene rings is 3. The van der Waals surface area contributed by atoms with Crippen molar-refractivity contribution in [3.05, 3.63) is 95.1 Å². The Kier molecular flexibility index (Phi) is 7.22. The number of ketones is 1. The highest BCUT2D eigenvalue weighted by molar-refractivity contribution is 6.11. The maximum atomic E-state index is 14.4. The number of hydrogen-bond acceptors (Lipinski definition) is 6. The Morgan fingerprint density at radius 1 is 0.949 bits per heavy atom. The number of halogens is 4. The van der Waals surface area contributed by atoms with Crippen molar-refractivity contribution >= 4 is 34.2 Å². The molecule has 39 heavy (non-hydrogen) atoms. The molecular weight excluding hydrogens is 518 g/mol. The van der Waals surface area contributed by atoms with Crippen molar-refractivity contribution in [1.82, 2.24) is 15.3 Å². The van der Waals surface area contributed by atoms with E-state index in [1.165, 1.54) is 18.2 Å². The lowest BCUT2D eigenvalue weighted by molar-refractivity contribution is -0.137. The largest absolute Gasteiger partial charge is 0.416 e. The highest BCUT2D eigenvalue weighted by Crippen LogP contribution is 2.30. The van der Waals surface area contributed by atoms with Gasteiger partial charge in [0.1, 0.15) is 5.82 Å². The van der Waals surface area contributed by atoms with Gasteiger partial charge in [-0.25, -0.2) is 14.2 Å². The summed E-state index contributed by atoms with van der Waals surface area (Å²) in [4.78, 5) is 34.5. The molecule has 0 aliphatic carbocycles. The predicted molar refractivity (Wildman–Crippen MR) is 135 cm³/mol. The van der Waals surface area contributed by atoms with Crippen LogP contribution in [0.25, 0.3) is 11.0 Å². The van der Waals surface area contributed by atoms with Crippen LogP contribution in [-0.4, -0.2) is 41.5 Å². The van der Waals surface area contributed by atoms with E-state index in [0.717, 1.165) is 30.3 Å². The van der Waals surface area contributed by atoms with E-state index in [1.54, 1.807) is 18.3 Å². The van der Waals surface area contributed by atoms with Gasteiger partial charge in [-0.3, -0.25) is 9.78 Å². The first-order valence-electron chi connectivity index (χ1n) is 11.8. The first-order valence-corrected chi connectivity index (χ1v) is 11.8. The maximum absolute atomic E-state index is 14.4. The number of carbonyl (C=O) groups excluding carboxylic acids is 2. The average Bonchev–Trinajstić information content (AvgIpc) is 2.92. The number of ether oxygens (including phenoxy) is 1. The molecule has 3 aromatic carbocycles. The number of alkyl halides is 3. The molecule has 2 amide bonds. The van der Waals surface area contributed by atoms with Crippen LogP contribution in [0.3, 0.4) is 0 Å². The minimum absolute atomic E-state index is 0.0446. The van der Waals surface area contributed by atoms with E-state index in [-0.39, 0.29) is 28.5 Å². The van der Waals surface area contributed by atoms with Crippen LogP contribution < -0.4 is 16.0 Å². The minimum Gasteiger partial charge on any atom is -0.378 e.